The second kappa shape index (κ2) is 7.47. The lowest BCUT2D eigenvalue weighted by atomic mass is 10.0. The predicted octanol–water partition coefficient (Wildman–Crippen LogP) is 4.80. The molecule has 0 saturated heterocycles. The Morgan fingerprint density at radius 3 is 2.28 bits per heavy atom. The van der Waals surface area contributed by atoms with E-state index >= 15 is 0 Å². The lowest BCUT2D eigenvalue weighted by molar-refractivity contribution is -0.107. The van der Waals surface area contributed by atoms with Crippen LogP contribution in [-0.4, -0.2) is 24.4 Å². The monoisotopic (exact) mass is 332 g/mol. The molecule has 128 valence electrons. The number of fused-ring (bicyclic) bond motifs is 1. The van der Waals surface area contributed by atoms with E-state index in [1.54, 1.807) is 0 Å². The average molecular weight is 332 g/mol. The molecular weight excluding hydrogens is 308 g/mol. The van der Waals surface area contributed by atoms with Gasteiger partial charge < -0.3 is 9.69 Å². The number of hydrogen-bond acceptors (Lipinski definition) is 3. The average Bonchev–Trinajstić information content (AvgIpc) is 2.63. The van der Waals surface area contributed by atoms with Gasteiger partial charge in [-0.15, -0.1) is 0 Å². The zero-order valence-corrected chi connectivity index (χ0v) is 15.1. The van der Waals surface area contributed by atoms with Gasteiger partial charge in [0.25, 0.3) is 0 Å². The van der Waals surface area contributed by atoms with Crippen LogP contribution < -0.4 is 4.90 Å². The van der Waals surface area contributed by atoms with Crippen molar-refractivity contribution in [2.24, 2.45) is 0 Å². The number of aldehydes is 1. The molecule has 2 aromatic carbocycles. The zero-order valence-electron chi connectivity index (χ0n) is 15.1. The first kappa shape index (κ1) is 17.2. The molecule has 3 nitrogen and oxygen atoms in total. The van der Waals surface area contributed by atoms with Crippen molar-refractivity contribution >= 4 is 22.9 Å². The Bertz CT molecular complexity index is 880. The number of nitrogens with zero attached hydrogens (tertiary/aromatic N) is 2. The number of hydrogen-bond donors (Lipinski definition) is 0. The van der Waals surface area contributed by atoms with E-state index in [2.05, 4.69) is 55.1 Å². The first-order chi connectivity index (χ1) is 12.2. The number of rotatable bonds is 6. The molecule has 3 aromatic rings. The van der Waals surface area contributed by atoms with E-state index in [0.717, 1.165) is 47.3 Å². The Kier molecular flexibility index (Phi) is 5.13. The van der Waals surface area contributed by atoms with Crippen molar-refractivity contribution in [3.8, 4) is 11.1 Å². The largest absolute Gasteiger partial charge is 0.371 e. The standard InChI is InChI=1S/C22H24N2O/c1-4-24(5-2)22-14-16(3)23-21-15-19(10-11-20(21)22)18-8-6-17(7-9-18)12-13-25/h6-11,13-15H,4-5,12H2,1-3H3. The Morgan fingerprint density at radius 2 is 1.64 bits per heavy atom. The van der Waals surface area contributed by atoms with Crippen LogP contribution in [0.25, 0.3) is 22.0 Å². The predicted molar refractivity (Wildman–Crippen MR) is 105 cm³/mol. The maximum Gasteiger partial charge on any atom is 0.124 e. The zero-order chi connectivity index (χ0) is 17.8. The molecule has 0 saturated carbocycles. The molecule has 1 aromatic heterocycles. The van der Waals surface area contributed by atoms with Crippen LogP contribution >= 0.6 is 0 Å². The van der Waals surface area contributed by atoms with Gasteiger partial charge in [-0.2, -0.15) is 0 Å². The number of aromatic nitrogens is 1. The lowest BCUT2D eigenvalue weighted by Gasteiger charge is -2.23. The quantitative estimate of drug-likeness (QED) is 0.608. The van der Waals surface area contributed by atoms with Crippen LogP contribution in [0.3, 0.4) is 0 Å². The highest BCUT2D eigenvalue weighted by Gasteiger charge is 2.10. The summed E-state index contributed by atoms with van der Waals surface area (Å²) < 4.78 is 0. The number of aryl methyl sites for hydroxylation is 1. The van der Waals surface area contributed by atoms with Gasteiger partial charge in [0.15, 0.2) is 0 Å². The summed E-state index contributed by atoms with van der Waals surface area (Å²) in [6, 6.07) is 16.8. The topological polar surface area (TPSA) is 33.2 Å². The summed E-state index contributed by atoms with van der Waals surface area (Å²) in [6.45, 7) is 8.37. The maximum absolute atomic E-state index is 10.6. The minimum Gasteiger partial charge on any atom is -0.371 e. The smallest absolute Gasteiger partial charge is 0.124 e. The van der Waals surface area contributed by atoms with Crippen LogP contribution in [0.15, 0.2) is 48.5 Å². The van der Waals surface area contributed by atoms with Crippen LogP contribution in [0.5, 0.6) is 0 Å². The van der Waals surface area contributed by atoms with Crippen molar-refractivity contribution in [2.45, 2.75) is 27.2 Å². The van der Waals surface area contributed by atoms with Crippen molar-refractivity contribution in [3.63, 3.8) is 0 Å². The van der Waals surface area contributed by atoms with Gasteiger partial charge in [0.2, 0.25) is 0 Å². The van der Waals surface area contributed by atoms with Crippen molar-refractivity contribution in [1.29, 1.82) is 0 Å². The third kappa shape index (κ3) is 3.55. The van der Waals surface area contributed by atoms with Gasteiger partial charge in [-0.1, -0.05) is 36.4 Å². The number of pyridine rings is 1. The molecule has 0 spiro atoms. The van der Waals surface area contributed by atoms with E-state index < -0.39 is 0 Å². The fourth-order valence-electron chi connectivity index (χ4n) is 3.27. The molecule has 1 heterocycles. The minimum atomic E-state index is 0.464. The van der Waals surface area contributed by atoms with Crippen LogP contribution in [0.1, 0.15) is 25.1 Å². The normalized spacial score (nSPS) is 10.8. The molecule has 0 aliphatic rings. The fourth-order valence-corrected chi connectivity index (χ4v) is 3.27. The molecule has 0 amide bonds. The van der Waals surface area contributed by atoms with Gasteiger partial charge >= 0.3 is 0 Å². The van der Waals surface area contributed by atoms with Crippen LogP contribution in [0, 0.1) is 6.92 Å². The first-order valence-corrected chi connectivity index (χ1v) is 8.85. The molecule has 25 heavy (non-hydrogen) atoms. The summed E-state index contributed by atoms with van der Waals surface area (Å²) in [7, 11) is 0. The molecule has 3 rings (SSSR count). The van der Waals surface area contributed by atoms with Gasteiger partial charge in [0.1, 0.15) is 6.29 Å². The van der Waals surface area contributed by atoms with Crippen LogP contribution in [-0.2, 0) is 11.2 Å². The van der Waals surface area contributed by atoms with Crippen LogP contribution in [0.2, 0.25) is 0 Å². The Labute approximate surface area is 149 Å². The van der Waals surface area contributed by atoms with Crippen molar-refractivity contribution in [3.05, 3.63) is 59.8 Å². The van der Waals surface area contributed by atoms with E-state index in [4.69, 9.17) is 4.98 Å². The van der Waals surface area contributed by atoms with E-state index in [1.807, 2.05) is 19.1 Å². The SMILES string of the molecule is CCN(CC)c1cc(C)nc2cc(-c3ccc(CC=O)cc3)ccc12. The summed E-state index contributed by atoms with van der Waals surface area (Å²) in [5, 5.41) is 1.19. The highest BCUT2D eigenvalue weighted by atomic mass is 16.1. The van der Waals surface area contributed by atoms with Gasteiger partial charge in [-0.05, 0) is 49.6 Å². The van der Waals surface area contributed by atoms with Gasteiger partial charge in [-0.3, -0.25) is 4.98 Å². The maximum atomic E-state index is 10.6. The third-order valence-electron chi connectivity index (χ3n) is 4.63. The molecule has 0 unspecified atom stereocenters. The second-order valence-corrected chi connectivity index (χ2v) is 6.25. The first-order valence-electron chi connectivity index (χ1n) is 8.85. The fraction of sp³-hybridized carbons (Fsp3) is 0.273. The number of carbonyl (C=O) groups excluding carboxylic acids is 1. The van der Waals surface area contributed by atoms with Gasteiger partial charge in [0.05, 0.1) is 5.52 Å². The number of benzene rings is 2. The second-order valence-electron chi connectivity index (χ2n) is 6.25. The summed E-state index contributed by atoms with van der Waals surface area (Å²) in [5.74, 6) is 0. The highest BCUT2D eigenvalue weighted by molar-refractivity contribution is 5.94. The number of carbonyl (C=O) groups is 1. The highest BCUT2D eigenvalue weighted by Crippen LogP contribution is 2.30. The molecule has 0 aliphatic carbocycles. The number of anilines is 1. The van der Waals surface area contributed by atoms with Crippen molar-refractivity contribution < 1.29 is 4.79 Å². The summed E-state index contributed by atoms with van der Waals surface area (Å²) in [5.41, 5.74) is 6.64. The lowest BCUT2D eigenvalue weighted by Crippen LogP contribution is -2.22. The Morgan fingerprint density at radius 1 is 0.960 bits per heavy atom. The summed E-state index contributed by atoms with van der Waals surface area (Å²) in [4.78, 5) is 17.7. The van der Waals surface area contributed by atoms with Gasteiger partial charge in [0, 0.05) is 36.3 Å². The molecule has 0 fully saturated rings. The van der Waals surface area contributed by atoms with E-state index in [-0.39, 0.29) is 0 Å². The Hall–Kier alpha value is -2.68. The molecule has 0 atom stereocenters. The van der Waals surface area contributed by atoms with Crippen molar-refractivity contribution in [1.82, 2.24) is 4.98 Å². The van der Waals surface area contributed by atoms with Crippen LogP contribution in [0.4, 0.5) is 5.69 Å². The molecule has 3 heteroatoms. The summed E-state index contributed by atoms with van der Waals surface area (Å²) in [6.07, 6.45) is 1.40. The van der Waals surface area contributed by atoms with Crippen molar-refractivity contribution in [2.75, 3.05) is 18.0 Å². The molecule has 0 aliphatic heterocycles. The summed E-state index contributed by atoms with van der Waals surface area (Å²) >= 11 is 0. The van der Waals surface area contributed by atoms with E-state index in [1.165, 1.54) is 11.1 Å². The van der Waals surface area contributed by atoms with E-state index in [9.17, 15) is 4.79 Å². The van der Waals surface area contributed by atoms with Gasteiger partial charge in [-0.25, -0.2) is 0 Å². The minimum absolute atomic E-state index is 0.464. The molecule has 0 radical (unpaired) electrons. The molecular formula is C22H24N2O. The van der Waals surface area contributed by atoms with E-state index in [0.29, 0.717) is 6.42 Å². The molecule has 0 bridgehead atoms. The molecule has 0 N–H and O–H groups in total. The third-order valence-corrected chi connectivity index (χ3v) is 4.63. The Balaban J connectivity index is 2.06.